The van der Waals surface area contributed by atoms with Gasteiger partial charge in [-0.05, 0) is 54.5 Å². The Morgan fingerprint density at radius 2 is 2.04 bits per heavy atom. The minimum absolute atomic E-state index is 0.186. The Kier molecular flexibility index (Phi) is 5.23. The molecule has 5 nitrogen and oxygen atoms in total. The number of pyridine rings is 1. The van der Waals surface area contributed by atoms with Crippen molar-refractivity contribution in [2.45, 2.75) is 43.7 Å². The summed E-state index contributed by atoms with van der Waals surface area (Å²) in [5.74, 6) is -0.515. The van der Waals surface area contributed by atoms with Gasteiger partial charge in [0.15, 0.2) is 0 Å². The summed E-state index contributed by atoms with van der Waals surface area (Å²) in [6, 6.07) is 14.5. The standard InChI is InChI=1S/C23H23N3O2/c24-14-20-22(18-11-5-4-10-17(18)16-8-2-1-3-9-16)21(15-27)26(20)23(28)19-12-6-7-13-25-19/h4-8,10-13,20-22,27H,1-3,9,15H2/t20-,21+,22+/m0/s1. The van der Waals surface area contributed by atoms with Crippen LogP contribution < -0.4 is 0 Å². The lowest BCUT2D eigenvalue weighted by Gasteiger charge is -2.52. The molecule has 0 radical (unpaired) electrons. The van der Waals surface area contributed by atoms with Crippen LogP contribution in [0.1, 0.15) is 53.2 Å². The van der Waals surface area contributed by atoms with Crippen molar-refractivity contribution in [3.8, 4) is 6.07 Å². The molecule has 2 heterocycles. The third-order valence-corrected chi connectivity index (χ3v) is 5.81. The van der Waals surface area contributed by atoms with Gasteiger partial charge in [0.05, 0.1) is 18.7 Å². The predicted molar refractivity (Wildman–Crippen MR) is 106 cm³/mol. The first-order chi connectivity index (χ1) is 13.8. The molecule has 4 rings (SSSR count). The number of aliphatic hydroxyl groups is 1. The Balaban J connectivity index is 1.69. The molecule has 0 saturated carbocycles. The van der Waals surface area contributed by atoms with Gasteiger partial charge in [-0.15, -0.1) is 0 Å². The summed E-state index contributed by atoms with van der Waals surface area (Å²) in [6.45, 7) is -0.186. The third-order valence-electron chi connectivity index (χ3n) is 5.81. The summed E-state index contributed by atoms with van der Waals surface area (Å²) in [4.78, 5) is 18.5. The maximum Gasteiger partial charge on any atom is 0.273 e. The van der Waals surface area contributed by atoms with E-state index in [0.29, 0.717) is 5.69 Å². The maximum atomic E-state index is 12.9. The van der Waals surface area contributed by atoms with Crippen molar-refractivity contribution in [1.29, 1.82) is 5.26 Å². The summed E-state index contributed by atoms with van der Waals surface area (Å²) < 4.78 is 0. The lowest BCUT2D eigenvalue weighted by molar-refractivity contribution is -0.00636. The number of aliphatic hydroxyl groups excluding tert-OH is 1. The van der Waals surface area contributed by atoms with Crippen LogP contribution in [0.3, 0.4) is 0 Å². The first kappa shape index (κ1) is 18.4. The van der Waals surface area contributed by atoms with Crippen molar-refractivity contribution in [3.63, 3.8) is 0 Å². The minimum Gasteiger partial charge on any atom is -0.394 e. The van der Waals surface area contributed by atoms with Gasteiger partial charge in [-0.2, -0.15) is 5.26 Å². The van der Waals surface area contributed by atoms with Crippen molar-refractivity contribution in [1.82, 2.24) is 9.88 Å². The Labute approximate surface area is 164 Å². The van der Waals surface area contributed by atoms with Crippen LogP contribution in [0, 0.1) is 11.3 Å². The van der Waals surface area contributed by atoms with Crippen molar-refractivity contribution in [2.24, 2.45) is 0 Å². The Morgan fingerprint density at radius 3 is 2.71 bits per heavy atom. The molecular weight excluding hydrogens is 350 g/mol. The molecule has 1 N–H and O–H groups in total. The van der Waals surface area contributed by atoms with Crippen molar-refractivity contribution >= 4 is 11.5 Å². The van der Waals surface area contributed by atoms with Gasteiger partial charge in [0.25, 0.3) is 5.91 Å². The molecule has 3 atom stereocenters. The second-order valence-corrected chi connectivity index (χ2v) is 7.34. The van der Waals surface area contributed by atoms with Gasteiger partial charge in [-0.3, -0.25) is 9.78 Å². The van der Waals surface area contributed by atoms with E-state index in [1.165, 1.54) is 23.3 Å². The van der Waals surface area contributed by atoms with Crippen molar-refractivity contribution < 1.29 is 9.90 Å². The molecule has 28 heavy (non-hydrogen) atoms. The molecule has 0 unspecified atom stereocenters. The average Bonchev–Trinajstić information content (AvgIpc) is 2.75. The van der Waals surface area contributed by atoms with E-state index < -0.39 is 12.1 Å². The van der Waals surface area contributed by atoms with E-state index in [9.17, 15) is 15.2 Å². The van der Waals surface area contributed by atoms with E-state index in [1.807, 2.05) is 18.2 Å². The van der Waals surface area contributed by atoms with Gasteiger partial charge in [-0.25, -0.2) is 0 Å². The number of amides is 1. The zero-order valence-corrected chi connectivity index (χ0v) is 15.7. The molecule has 0 spiro atoms. The SMILES string of the molecule is N#C[C@H]1[C@@H](c2ccccc2C2=CCCCC2)[C@@H](CO)N1C(=O)c1ccccn1. The fraction of sp³-hybridized carbons (Fsp3) is 0.348. The monoisotopic (exact) mass is 373 g/mol. The number of nitrogens with zero attached hydrogens (tertiary/aromatic N) is 3. The van der Waals surface area contributed by atoms with Gasteiger partial charge in [0, 0.05) is 12.1 Å². The molecule has 1 aromatic heterocycles. The summed E-state index contributed by atoms with van der Waals surface area (Å²) in [5, 5.41) is 19.9. The largest absolute Gasteiger partial charge is 0.394 e. The molecule has 5 heteroatoms. The highest BCUT2D eigenvalue weighted by Crippen LogP contribution is 2.44. The number of allylic oxidation sites excluding steroid dienone is 2. The quantitative estimate of drug-likeness (QED) is 0.889. The maximum absolute atomic E-state index is 12.9. The van der Waals surface area contributed by atoms with Crippen LogP contribution in [-0.4, -0.2) is 39.6 Å². The Hall–Kier alpha value is -2.97. The lowest BCUT2D eigenvalue weighted by atomic mass is 9.72. The molecule has 2 aromatic rings. The fourth-order valence-electron chi connectivity index (χ4n) is 4.44. The van der Waals surface area contributed by atoms with Gasteiger partial charge in [0.2, 0.25) is 0 Å². The van der Waals surface area contributed by atoms with E-state index in [1.54, 1.807) is 24.4 Å². The van der Waals surface area contributed by atoms with Crippen molar-refractivity contribution in [3.05, 3.63) is 71.6 Å². The van der Waals surface area contributed by atoms with Crippen molar-refractivity contribution in [2.75, 3.05) is 6.61 Å². The predicted octanol–water partition coefficient (Wildman–Crippen LogP) is 3.53. The highest BCUT2D eigenvalue weighted by Gasteiger charge is 2.52. The molecule has 1 aromatic carbocycles. The molecule has 1 amide bonds. The number of aromatic nitrogens is 1. The number of likely N-dealkylation sites (tertiary alicyclic amines) is 1. The van der Waals surface area contributed by atoms with Crippen LogP contribution in [0.2, 0.25) is 0 Å². The second-order valence-electron chi connectivity index (χ2n) is 7.34. The van der Waals surface area contributed by atoms with Gasteiger partial charge >= 0.3 is 0 Å². The number of benzene rings is 1. The number of rotatable bonds is 4. The highest BCUT2D eigenvalue weighted by atomic mass is 16.3. The average molecular weight is 373 g/mol. The molecule has 0 bridgehead atoms. The van der Waals surface area contributed by atoms with Crippen LogP contribution in [0.25, 0.3) is 5.57 Å². The summed E-state index contributed by atoms with van der Waals surface area (Å²) in [6.07, 6.45) is 8.32. The minimum atomic E-state index is -0.614. The zero-order valence-electron chi connectivity index (χ0n) is 15.7. The van der Waals surface area contributed by atoms with E-state index in [2.05, 4.69) is 23.2 Å². The summed E-state index contributed by atoms with van der Waals surface area (Å²) in [7, 11) is 0. The van der Waals surface area contributed by atoms with Gasteiger partial charge in [-0.1, -0.05) is 36.4 Å². The smallest absolute Gasteiger partial charge is 0.273 e. The first-order valence-corrected chi connectivity index (χ1v) is 9.78. The Morgan fingerprint density at radius 1 is 1.21 bits per heavy atom. The van der Waals surface area contributed by atoms with E-state index in [-0.39, 0.29) is 18.4 Å². The van der Waals surface area contributed by atoms with Crippen LogP contribution in [0.4, 0.5) is 0 Å². The van der Waals surface area contributed by atoms with Gasteiger partial charge in [0.1, 0.15) is 11.7 Å². The summed E-state index contributed by atoms with van der Waals surface area (Å²) >= 11 is 0. The molecule has 1 fully saturated rings. The third kappa shape index (κ3) is 3.10. The molecule has 1 saturated heterocycles. The summed E-state index contributed by atoms with van der Waals surface area (Å²) in [5.41, 5.74) is 3.80. The van der Waals surface area contributed by atoms with Crippen LogP contribution in [0.5, 0.6) is 0 Å². The lowest BCUT2D eigenvalue weighted by Crippen LogP contribution is -2.65. The Bertz CT molecular complexity index is 932. The van der Waals surface area contributed by atoms with Gasteiger partial charge < -0.3 is 10.0 Å². The first-order valence-electron chi connectivity index (χ1n) is 9.78. The molecular formula is C23H23N3O2. The van der Waals surface area contributed by atoms with E-state index >= 15 is 0 Å². The van der Waals surface area contributed by atoms with Crippen LogP contribution in [0.15, 0.2) is 54.7 Å². The van der Waals surface area contributed by atoms with Crippen LogP contribution in [-0.2, 0) is 0 Å². The molecule has 1 aliphatic heterocycles. The number of hydrogen-bond acceptors (Lipinski definition) is 4. The van der Waals surface area contributed by atoms with E-state index in [4.69, 9.17) is 0 Å². The highest BCUT2D eigenvalue weighted by molar-refractivity contribution is 5.94. The topological polar surface area (TPSA) is 77.2 Å². The molecule has 2 aliphatic rings. The number of nitriles is 1. The normalized spacial score (nSPS) is 24.1. The fourth-order valence-corrected chi connectivity index (χ4v) is 4.44. The number of hydrogen-bond donors (Lipinski definition) is 1. The van der Waals surface area contributed by atoms with E-state index in [0.717, 1.165) is 24.0 Å². The zero-order chi connectivity index (χ0) is 19.5. The van der Waals surface area contributed by atoms with Crippen LogP contribution >= 0.6 is 0 Å². The molecule has 1 aliphatic carbocycles. The second kappa shape index (κ2) is 7.95. The molecule has 142 valence electrons. The number of carbonyl (C=O) groups excluding carboxylic acids is 1. The number of carbonyl (C=O) groups is 1.